The maximum atomic E-state index is 12.1. The molecule has 1 saturated heterocycles. The Morgan fingerprint density at radius 3 is 2.80 bits per heavy atom. The molecule has 1 rings (SSSR count). The number of amides is 1. The van der Waals surface area contributed by atoms with Gasteiger partial charge in [0.2, 0.25) is 5.91 Å². The molecule has 0 aromatic rings. The summed E-state index contributed by atoms with van der Waals surface area (Å²) in [6.07, 6.45) is -4.32. The van der Waals surface area contributed by atoms with E-state index in [-0.39, 0.29) is 12.5 Å². The highest BCUT2D eigenvalue weighted by Gasteiger charge is 2.33. The van der Waals surface area contributed by atoms with Gasteiger partial charge in [0, 0.05) is 19.1 Å². The standard InChI is InChI=1S/C9H15F3N2O/c1-7(5-9(10,11)12)14-4-2-3-13-8(15)6-14/h7H,2-6H2,1H3,(H,13,15). The molecule has 88 valence electrons. The summed E-state index contributed by atoms with van der Waals surface area (Å²) in [6, 6.07) is -0.631. The largest absolute Gasteiger partial charge is 0.390 e. The zero-order chi connectivity index (χ0) is 11.5. The van der Waals surface area contributed by atoms with Crippen LogP contribution in [-0.2, 0) is 4.79 Å². The van der Waals surface area contributed by atoms with Gasteiger partial charge in [-0.15, -0.1) is 0 Å². The van der Waals surface area contributed by atoms with Crippen LogP contribution < -0.4 is 5.32 Å². The molecule has 3 nitrogen and oxygen atoms in total. The molecule has 1 N–H and O–H groups in total. The summed E-state index contributed by atoms with van der Waals surface area (Å²) in [5.74, 6) is -0.193. The van der Waals surface area contributed by atoms with E-state index in [1.165, 1.54) is 6.92 Å². The number of halogens is 3. The SMILES string of the molecule is CC(CC(F)(F)F)N1CCCNC(=O)C1. The third-order valence-corrected chi connectivity index (χ3v) is 2.44. The molecule has 1 unspecified atom stereocenters. The van der Waals surface area contributed by atoms with E-state index in [1.807, 2.05) is 0 Å². The van der Waals surface area contributed by atoms with Crippen LogP contribution in [0, 0.1) is 0 Å². The van der Waals surface area contributed by atoms with Gasteiger partial charge in [0.15, 0.2) is 0 Å². The van der Waals surface area contributed by atoms with Crippen molar-refractivity contribution in [3.63, 3.8) is 0 Å². The smallest absolute Gasteiger partial charge is 0.355 e. The molecule has 0 spiro atoms. The van der Waals surface area contributed by atoms with Gasteiger partial charge in [-0.1, -0.05) is 0 Å². The van der Waals surface area contributed by atoms with Crippen LogP contribution in [0.15, 0.2) is 0 Å². The Morgan fingerprint density at radius 1 is 1.53 bits per heavy atom. The number of rotatable bonds is 2. The van der Waals surface area contributed by atoms with Crippen LogP contribution in [0.25, 0.3) is 0 Å². The van der Waals surface area contributed by atoms with Crippen molar-refractivity contribution >= 4 is 5.91 Å². The molecule has 1 atom stereocenters. The number of hydrogen-bond donors (Lipinski definition) is 1. The van der Waals surface area contributed by atoms with Gasteiger partial charge >= 0.3 is 6.18 Å². The summed E-state index contributed by atoms with van der Waals surface area (Å²) in [7, 11) is 0. The summed E-state index contributed by atoms with van der Waals surface area (Å²) >= 11 is 0. The zero-order valence-corrected chi connectivity index (χ0v) is 8.60. The van der Waals surface area contributed by atoms with Crippen LogP contribution in [-0.4, -0.2) is 42.7 Å². The van der Waals surface area contributed by atoms with Crippen LogP contribution >= 0.6 is 0 Å². The molecule has 1 fully saturated rings. The number of carbonyl (C=O) groups excluding carboxylic acids is 1. The molecule has 1 aliphatic heterocycles. The number of alkyl halides is 3. The fraction of sp³-hybridized carbons (Fsp3) is 0.889. The van der Waals surface area contributed by atoms with E-state index in [4.69, 9.17) is 0 Å². The Labute approximate surface area is 86.6 Å². The van der Waals surface area contributed by atoms with E-state index in [9.17, 15) is 18.0 Å². The second-order valence-electron chi connectivity index (χ2n) is 3.84. The van der Waals surface area contributed by atoms with E-state index in [0.717, 1.165) is 0 Å². The fourth-order valence-electron chi connectivity index (χ4n) is 1.67. The maximum absolute atomic E-state index is 12.1. The van der Waals surface area contributed by atoms with E-state index < -0.39 is 18.6 Å². The van der Waals surface area contributed by atoms with Gasteiger partial charge in [-0.2, -0.15) is 13.2 Å². The minimum Gasteiger partial charge on any atom is -0.355 e. The molecule has 0 aromatic carbocycles. The lowest BCUT2D eigenvalue weighted by Gasteiger charge is -2.27. The molecule has 6 heteroatoms. The van der Waals surface area contributed by atoms with Gasteiger partial charge in [0.1, 0.15) is 0 Å². The summed E-state index contributed by atoms with van der Waals surface area (Å²) in [6.45, 7) is 2.66. The molecule has 0 aliphatic carbocycles. The Morgan fingerprint density at radius 2 is 2.20 bits per heavy atom. The Balaban J connectivity index is 2.50. The molecular weight excluding hydrogens is 209 g/mol. The van der Waals surface area contributed by atoms with Crippen molar-refractivity contribution in [3.05, 3.63) is 0 Å². The molecule has 1 aliphatic rings. The van der Waals surface area contributed by atoms with E-state index in [0.29, 0.717) is 19.5 Å². The van der Waals surface area contributed by atoms with E-state index in [2.05, 4.69) is 5.32 Å². The monoisotopic (exact) mass is 224 g/mol. The zero-order valence-electron chi connectivity index (χ0n) is 8.60. The molecule has 1 heterocycles. The van der Waals surface area contributed by atoms with Crippen LogP contribution in [0.2, 0.25) is 0 Å². The third-order valence-electron chi connectivity index (χ3n) is 2.44. The van der Waals surface area contributed by atoms with Crippen molar-refractivity contribution in [3.8, 4) is 0 Å². The maximum Gasteiger partial charge on any atom is 0.390 e. The number of hydrogen-bond acceptors (Lipinski definition) is 2. The summed E-state index contributed by atoms with van der Waals surface area (Å²) < 4.78 is 36.4. The van der Waals surface area contributed by atoms with Crippen molar-refractivity contribution in [2.24, 2.45) is 0 Å². The topological polar surface area (TPSA) is 32.3 Å². The second-order valence-corrected chi connectivity index (χ2v) is 3.84. The first-order valence-electron chi connectivity index (χ1n) is 4.96. The molecule has 0 saturated carbocycles. The summed E-state index contributed by atoms with van der Waals surface area (Å²) in [5.41, 5.74) is 0. The lowest BCUT2D eigenvalue weighted by atomic mass is 10.2. The van der Waals surface area contributed by atoms with Crippen molar-refractivity contribution in [2.75, 3.05) is 19.6 Å². The first kappa shape index (κ1) is 12.3. The van der Waals surface area contributed by atoms with Crippen molar-refractivity contribution < 1.29 is 18.0 Å². The highest BCUT2D eigenvalue weighted by atomic mass is 19.4. The fourth-order valence-corrected chi connectivity index (χ4v) is 1.67. The van der Waals surface area contributed by atoms with Crippen molar-refractivity contribution in [1.82, 2.24) is 10.2 Å². The predicted octanol–water partition coefficient (Wildman–Crippen LogP) is 1.15. The highest BCUT2D eigenvalue weighted by molar-refractivity contribution is 5.78. The van der Waals surface area contributed by atoms with Gasteiger partial charge in [0.05, 0.1) is 13.0 Å². The second kappa shape index (κ2) is 4.83. The van der Waals surface area contributed by atoms with Crippen molar-refractivity contribution in [1.29, 1.82) is 0 Å². The van der Waals surface area contributed by atoms with Crippen LogP contribution in [0.3, 0.4) is 0 Å². The molecule has 0 bridgehead atoms. The quantitative estimate of drug-likeness (QED) is 0.763. The Kier molecular flexibility index (Phi) is 3.96. The molecule has 15 heavy (non-hydrogen) atoms. The first-order valence-corrected chi connectivity index (χ1v) is 4.96. The van der Waals surface area contributed by atoms with Gasteiger partial charge in [-0.25, -0.2) is 0 Å². The van der Waals surface area contributed by atoms with Gasteiger partial charge in [-0.3, -0.25) is 9.69 Å². The Hall–Kier alpha value is -0.780. The number of nitrogens with one attached hydrogen (secondary N) is 1. The van der Waals surface area contributed by atoms with Crippen LogP contribution in [0.4, 0.5) is 13.2 Å². The van der Waals surface area contributed by atoms with E-state index >= 15 is 0 Å². The molecule has 0 aromatic heterocycles. The summed E-state index contributed by atoms with van der Waals surface area (Å²) in [5, 5.41) is 2.63. The average molecular weight is 224 g/mol. The lowest BCUT2D eigenvalue weighted by molar-refractivity contribution is -0.147. The van der Waals surface area contributed by atoms with Crippen LogP contribution in [0.1, 0.15) is 19.8 Å². The van der Waals surface area contributed by atoms with Crippen LogP contribution in [0.5, 0.6) is 0 Å². The molecule has 0 radical (unpaired) electrons. The minimum atomic E-state index is -4.16. The third kappa shape index (κ3) is 4.51. The first-order chi connectivity index (χ1) is 6.88. The number of carbonyl (C=O) groups is 1. The normalized spacial score (nSPS) is 22.0. The number of nitrogens with zero attached hydrogens (tertiary/aromatic N) is 1. The highest BCUT2D eigenvalue weighted by Crippen LogP contribution is 2.24. The lowest BCUT2D eigenvalue weighted by Crippen LogP contribution is -2.40. The predicted molar refractivity (Wildman–Crippen MR) is 49.3 cm³/mol. The van der Waals surface area contributed by atoms with Gasteiger partial charge in [-0.05, 0) is 13.3 Å². The molecule has 1 amide bonds. The average Bonchev–Trinajstić information content (AvgIpc) is 2.26. The minimum absolute atomic E-state index is 0.0667. The van der Waals surface area contributed by atoms with E-state index in [1.54, 1.807) is 4.90 Å². The van der Waals surface area contributed by atoms with Crippen molar-refractivity contribution in [2.45, 2.75) is 32.0 Å². The molecular formula is C9H15F3N2O. The van der Waals surface area contributed by atoms with Gasteiger partial charge < -0.3 is 5.32 Å². The Bertz CT molecular complexity index is 230. The summed E-state index contributed by atoms with van der Waals surface area (Å²) in [4.78, 5) is 12.7. The van der Waals surface area contributed by atoms with Gasteiger partial charge in [0.25, 0.3) is 0 Å².